The zero-order valence-corrected chi connectivity index (χ0v) is 14.5. The van der Waals surface area contributed by atoms with Gasteiger partial charge in [0.1, 0.15) is 6.61 Å². The summed E-state index contributed by atoms with van der Waals surface area (Å²) < 4.78 is 11.6. The smallest absolute Gasteiger partial charge is 0.187 e. The van der Waals surface area contributed by atoms with E-state index in [1.807, 2.05) is 36.4 Å². The first-order chi connectivity index (χ1) is 12.7. The van der Waals surface area contributed by atoms with Crippen molar-refractivity contribution in [3.63, 3.8) is 0 Å². The molecular weight excluding hydrogens is 328 g/mol. The summed E-state index contributed by atoms with van der Waals surface area (Å²) in [7, 11) is 1.60. The maximum absolute atomic E-state index is 12.4. The molecule has 0 N–H and O–H groups in total. The molecule has 2 aromatic carbocycles. The van der Waals surface area contributed by atoms with Gasteiger partial charge >= 0.3 is 0 Å². The van der Waals surface area contributed by atoms with Crippen LogP contribution in [0.3, 0.4) is 0 Å². The number of hydrogen-bond acceptors (Lipinski definition) is 4. The fraction of sp³-hybridized carbons (Fsp3) is 0.182. The lowest BCUT2D eigenvalue weighted by atomic mass is 9.79. The summed E-state index contributed by atoms with van der Waals surface area (Å²) in [5, 5.41) is 0. The van der Waals surface area contributed by atoms with Crippen LogP contribution in [0.5, 0.6) is 11.5 Å². The lowest BCUT2D eigenvalue weighted by Gasteiger charge is -2.26. The molecule has 0 atom stereocenters. The third-order valence-corrected chi connectivity index (χ3v) is 4.80. The normalized spacial score (nSPS) is 15.6. The van der Waals surface area contributed by atoms with Crippen LogP contribution in [0.2, 0.25) is 0 Å². The molecule has 26 heavy (non-hydrogen) atoms. The number of carbonyl (C=O) groups excluding carboxylic acids is 2. The van der Waals surface area contributed by atoms with Crippen LogP contribution < -0.4 is 9.47 Å². The number of ether oxygens (including phenoxy) is 2. The van der Waals surface area contributed by atoms with E-state index in [1.165, 1.54) is 12.2 Å². The van der Waals surface area contributed by atoms with Crippen molar-refractivity contribution in [2.45, 2.75) is 19.4 Å². The van der Waals surface area contributed by atoms with Gasteiger partial charge in [-0.3, -0.25) is 9.59 Å². The number of rotatable bonds is 4. The predicted molar refractivity (Wildman–Crippen MR) is 98.2 cm³/mol. The van der Waals surface area contributed by atoms with Crippen LogP contribution in [0.1, 0.15) is 23.1 Å². The zero-order chi connectivity index (χ0) is 18.1. The molecule has 0 heterocycles. The number of hydrogen-bond donors (Lipinski definition) is 0. The average Bonchev–Trinajstić information content (AvgIpc) is 2.69. The first kappa shape index (κ1) is 16.3. The van der Waals surface area contributed by atoms with Crippen LogP contribution in [0.4, 0.5) is 0 Å². The van der Waals surface area contributed by atoms with E-state index in [9.17, 15) is 9.59 Å². The molecule has 4 heteroatoms. The Kier molecular flexibility index (Phi) is 4.17. The van der Waals surface area contributed by atoms with Gasteiger partial charge in [0.05, 0.1) is 7.11 Å². The summed E-state index contributed by atoms with van der Waals surface area (Å²) in [6.45, 7) is 0.409. The monoisotopic (exact) mass is 346 g/mol. The van der Waals surface area contributed by atoms with Crippen molar-refractivity contribution in [3.05, 3.63) is 76.9 Å². The van der Waals surface area contributed by atoms with Gasteiger partial charge in [-0.25, -0.2) is 0 Å². The topological polar surface area (TPSA) is 52.6 Å². The molecule has 0 bridgehead atoms. The van der Waals surface area contributed by atoms with Crippen LogP contribution in [0.25, 0.3) is 5.57 Å². The van der Waals surface area contributed by atoms with Crippen LogP contribution >= 0.6 is 0 Å². The van der Waals surface area contributed by atoms with Gasteiger partial charge in [0, 0.05) is 16.7 Å². The molecule has 2 aliphatic rings. The van der Waals surface area contributed by atoms with E-state index in [2.05, 4.69) is 0 Å². The molecule has 0 unspecified atom stereocenters. The van der Waals surface area contributed by atoms with Crippen molar-refractivity contribution in [2.24, 2.45) is 0 Å². The molecule has 0 fully saturated rings. The van der Waals surface area contributed by atoms with Crippen molar-refractivity contribution >= 4 is 17.1 Å². The summed E-state index contributed by atoms with van der Waals surface area (Å²) in [6, 6.07) is 13.5. The second-order valence-electron chi connectivity index (χ2n) is 6.31. The SMILES string of the molecule is COc1ccc2c(c1OCc1ccccc1)CCC1=C2C(=O)C=CC1=O. The van der Waals surface area contributed by atoms with Crippen molar-refractivity contribution in [1.82, 2.24) is 0 Å². The Bertz CT molecular complexity index is 952. The van der Waals surface area contributed by atoms with Crippen LogP contribution in [-0.4, -0.2) is 18.7 Å². The third-order valence-electron chi connectivity index (χ3n) is 4.80. The standard InChI is InChI=1S/C22H18O4/c1-25-20-12-9-15-16(22(20)26-13-14-5-3-2-4-6-14)7-8-17-18(23)10-11-19(24)21(15)17/h2-6,9-12H,7-8,13H2,1H3. The van der Waals surface area contributed by atoms with Gasteiger partial charge in [-0.2, -0.15) is 0 Å². The van der Waals surface area contributed by atoms with Crippen LogP contribution in [0, 0.1) is 0 Å². The Morgan fingerprint density at radius 1 is 0.923 bits per heavy atom. The quantitative estimate of drug-likeness (QED) is 0.793. The van der Waals surface area contributed by atoms with Gasteiger partial charge in [0.2, 0.25) is 0 Å². The number of ketones is 2. The number of fused-ring (bicyclic) bond motifs is 2. The minimum Gasteiger partial charge on any atom is -0.493 e. The highest BCUT2D eigenvalue weighted by molar-refractivity contribution is 6.36. The zero-order valence-electron chi connectivity index (χ0n) is 14.5. The lowest BCUT2D eigenvalue weighted by molar-refractivity contribution is -0.114. The lowest BCUT2D eigenvalue weighted by Crippen LogP contribution is -2.19. The minimum atomic E-state index is -0.125. The molecule has 130 valence electrons. The van der Waals surface area contributed by atoms with Gasteiger partial charge in [-0.1, -0.05) is 30.3 Å². The minimum absolute atomic E-state index is 0.0761. The third kappa shape index (κ3) is 2.73. The summed E-state index contributed by atoms with van der Waals surface area (Å²) in [6.07, 6.45) is 3.89. The van der Waals surface area contributed by atoms with Crippen molar-refractivity contribution in [3.8, 4) is 11.5 Å². The van der Waals surface area contributed by atoms with Crippen LogP contribution in [-0.2, 0) is 22.6 Å². The first-order valence-electron chi connectivity index (χ1n) is 8.56. The number of benzene rings is 2. The largest absolute Gasteiger partial charge is 0.493 e. The number of carbonyl (C=O) groups is 2. The maximum atomic E-state index is 12.4. The van der Waals surface area contributed by atoms with Gasteiger partial charge < -0.3 is 9.47 Å². The molecule has 0 radical (unpaired) electrons. The summed E-state index contributed by atoms with van der Waals surface area (Å²) in [5.41, 5.74) is 3.86. The molecule has 2 aliphatic carbocycles. The van der Waals surface area contributed by atoms with E-state index in [0.717, 1.165) is 16.7 Å². The Hall–Kier alpha value is -3.14. The first-order valence-corrected chi connectivity index (χ1v) is 8.56. The Labute approximate surface area is 151 Å². The molecule has 0 saturated carbocycles. The van der Waals surface area contributed by atoms with E-state index in [0.29, 0.717) is 42.1 Å². The summed E-state index contributed by atoms with van der Waals surface area (Å²) >= 11 is 0. The Balaban J connectivity index is 1.76. The fourth-order valence-electron chi connectivity index (χ4n) is 3.54. The van der Waals surface area contributed by atoms with E-state index in [1.54, 1.807) is 13.2 Å². The average molecular weight is 346 g/mol. The second kappa shape index (κ2) is 6.64. The fourth-order valence-corrected chi connectivity index (χ4v) is 3.54. The van der Waals surface area contributed by atoms with Crippen molar-refractivity contribution in [1.29, 1.82) is 0 Å². The molecule has 0 amide bonds. The maximum Gasteiger partial charge on any atom is 0.187 e. The number of methoxy groups -OCH3 is 1. The summed E-state index contributed by atoms with van der Waals surface area (Å²) in [5.74, 6) is 1.08. The van der Waals surface area contributed by atoms with Gasteiger partial charge in [-0.05, 0) is 48.3 Å². The molecule has 4 rings (SSSR count). The van der Waals surface area contributed by atoms with Gasteiger partial charge in [0.15, 0.2) is 23.1 Å². The predicted octanol–water partition coefficient (Wildman–Crippen LogP) is 3.68. The van der Waals surface area contributed by atoms with E-state index < -0.39 is 0 Å². The van der Waals surface area contributed by atoms with E-state index in [-0.39, 0.29) is 11.6 Å². The Morgan fingerprint density at radius 3 is 2.46 bits per heavy atom. The van der Waals surface area contributed by atoms with Crippen molar-refractivity contribution < 1.29 is 19.1 Å². The van der Waals surface area contributed by atoms with Crippen molar-refractivity contribution in [2.75, 3.05) is 7.11 Å². The summed E-state index contributed by atoms with van der Waals surface area (Å²) in [4.78, 5) is 24.6. The molecular formula is C22H18O4. The molecule has 0 spiro atoms. The molecule has 0 saturated heterocycles. The van der Waals surface area contributed by atoms with E-state index in [4.69, 9.17) is 9.47 Å². The Morgan fingerprint density at radius 2 is 1.69 bits per heavy atom. The second-order valence-corrected chi connectivity index (χ2v) is 6.31. The molecule has 4 nitrogen and oxygen atoms in total. The van der Waals surface area contributed by atoms with E-state index >= 15 is 0 Å². The highest BCUT2D eigenvalue weighted by Gasteiger charge is 2.31. The van der Waals surface area contributed by atoms with Crippen LogP contribution in [0.15, 0.2) is 60.2 Å². The van der Waals surface area contributed by atoms with Gasteiger partial charge in [0.25, 0.3) is 0 Å². The molecule has 0 aromatic heterocycles. The molecule has 0 aliphatic heterocycles. The molecule has 2 aromatic rings. The van der Waals surface area contributed by atoms with Gasteiger partial charge in [-0.15, -0.1) is 0 Å². The number of allylic oxidation sites excluding steroid dienone is 4. The highest BCUT2D eigenvalue weighted by Crippen LogP contribution is 2.43. The highest BCUT2D eigenvalue weighted by atomic mass is 16.5.